The number of nitrogens with one attached hydrogen (secondary N) is 1. The predicted octanol–water partition coefficient (Wildman–Crippen LogP) is 1.77. The van der Waals surface area contributed by atoms with Crippen molar-refractivity contribution < 1.29 is 9.59 Å². The summed E-state index contributed by atoms with van der Waals surface area (Å²) in [6.07, 6.45) is 1.56. The van der Waals surface area contributed by atoms with Crippen LogP contribution >= 0.6 is 11.6 Å². The normalized spacial score (nSPS) is 14.1. The zero-order valence-corrected chi connectivity index (χ0v) is 8.71. The van der Waals surface area contributed by atoms with Gasteiger partial charge in [0.25, 0.3) is 11.8 Å². The third kappa shape index (κ3) is 1.13. The number of nitrogens with zero attached hydrogens (tertiary/aromatic N) is 1. The molecule has 0 unspecified atom stereocenters. The Morgan fingerprint density at radius 3 is 2.81 bits per heavy atom. The maximum atomic E-state index is 11.6. The predicted molar refractivity (Wildman–Crippen MR) is 58.5 cm³/mol. The number of amides is 2. The number of carbonyl (C=O) groups is 2. The van der Waals surface area contributed by atoms with E-state index in [0.29, 0.717) is 16.0 Å². The first-order chi connectivity index (χ1) is 7.66. The number of hydrogen-bond donors (Lipinski definition) is 1. The first kappa shape index (κ1) is 9.30. The number of rotatable bonds is 0. The molecule has 0 bridgehead atoms. The molecule has 16 heavy (non-hydrogen) atoms. The Morgan fingerprint density at radius 2 is 2.00 bits per heavy atom. The van der Waals surface area contributed by atoms with Crippen molar-refractivity contribution >= 4 is 34.2 Å². The molecule has 1 aromatic carbocycles. The zero-order valence-electron chi connectivity index (χ0n) is 7.95. The molecule has 2 amide bonds. The van der Waals surface area contributed by atoms with Gasteiger partial charge in [0.2, 0.25) is 0 Å². The van der Waals surface area contributed by atoms with E-state index in [1.807, 2.05) is 0 Å². The number of hydrogen-bond acceptors (Lipinski definition) is 3. The van der Waals surface area contributed by atoms with Crippen LogP contribution in [0.1, 0.15) is 20.8 Å². The summed E-state index contributed by atoms with van der Waals surface area (Å²) >= 11 is 5.87. The van der Waals surface area contributed by atoms with E-state index < -0.39 is 11.8 Å². The molecule has 4 nitrogen and oxygen atoms in total. The Bertz CT molecular complexity index is 652. The fraction of sp³-hybridized carbons (Fsp3) is 0. The van der Waals surface area contributed by atoms with Crippen LogP contribution in [0.15, 0.2) is 24.4 Å². The summed E-state index contributed by atoms with van der Waals surface area (Å²) in [5.74, 6) is -0.873. The van der Waals surface area contributed by atoms with Gasteiger partial charge in [-0.15, -0.1) is 0 Å². The third-order valence-electron chi connectivity index (χ3n) is 2.52. The van der Waals surface area contributed by atoms with Gasteiger partial charge in [0.05, 0.1) is 5.56 Å². The molecule has 0 saturated heterocycles. The highest BCUT2D eigenvalue weighted by molar-refractivity contribution is 6.32. The molecule has 0 saturated carbocycles. The number of benzene rings is 1. The largest absolute Gasteiger partial charge is 0.287 e. The molecular weight excluding hydrogens is 228 g/mol. The molecule has 1 aliphatic heterocycles. The minimum atomic E-state index is -0.457. The Kier molecular flexibility index (Phi) is 1.76. The molecule has 3 rings (SSSR count). The van der Waals surface area contributed by atoms with Gasteiger partial charge < -0.3 is 0 Å². The zero-order chi connectivity index (χ0) is 11.3. The van der Waals surface area contributed by atoms with Crippen molar-refractivity contribution in [3.8, 4) is 0 Å². The lowest BCUT2D eigenvalue weighted by molar-refractivity contribution is 0.0878. The van der Waals surface area contributed by atoms with Gasteiger partial charge in [-0.2, -0.15) is 0 Å². The van der Waals surface area contributed by atoms with E-state index in [1.54, 1.807) is 24.4 Å². The third-order valence-corrected chi connectivity index (χ3v) is 2.76. The average Bonchev–Trinajstić information content (AvgIpc) is 2.54. The molecule has 5 heteroatoms. The van der Waals surface area contributed by atoms with Gasteiger partial charge in [-0.25, -0.2) is 4.98 Å². The highest BCUT2D eigenvalue weighted by Gasteiger charge is 2.30. The summed E-state index contributed by atoms with van der Waals surface area (Å²) in [6.45, 7) is 0. The quantitative estimate of drug-likeness (QED) is 0.705. The van der Waals surface area contributed by atoms with E-state index in [1.165, 1.54) is 0 Å². The van der Waals surface area contributed by atoms with Crippen LogP contribution in [0.5, 0.6) is 0 Å². The number of pyridine rings is 1. The summed E-state index contributed by atoms with van der Waals surface area (Å²) in [4.78, 5) is 26.9. The molecule has 2 aromatic rings. The highest BCUT2D eigenvalue weighted by atomic mass is 35.5. The van der Waals surface area contributed by atoms with Crippen LogP contribution < -0.4 is 5.32 Å². The van der Waals surface area contributed by atoms with Gasteiger partial charge in [-0.3, -0.25) is 14.9 Å². The van der Waals surface area contributed by atoms with Gasteiger partial charge >= 0.3 is 0 Å². The molecule has 1 N–H and O–H groups in total. The topological polar surface area (TPSA) is 59.1 Å². The van der Waals surface area contributed by atoms with Crippen molar-refractivity contribution in [1.82, 2.24) is 10.3 Å². The van der Waals surface area contributed by atoms with Crippen molar-refractivity contribution in [1.29, 1.82) is 0 Å². The second kappa shape index (κ2) is 3.02. The van der Waals surface area contributed by atoms with E-state index in [4.69, 9.17) is 11.6 Å². The SMILES string of the molecule is O=C1NC(=O)c2c1ncc1ccc(Cl)cc21. The summed E-state index contributed by atoms with van der Waals surface area (Å²) in [5.41, 5.74) is 0.477. The monoisotopic (exact) mass is 232 g/mol. The Hall–Kier alpha value is -1.94. The van der Waals surface area contributed by atoms with E-state index in [9.17, 15) is 9.59 Å². The highest BCUT2D eigenvalue weighted by Crippen LogP contribution is 2.26. The average molecular weight is 233 g/mol. The summed E-state index contributed by atoms with van der Waals surface area (Å²) < 4.78 is 0. The van der Waals surface area contributed by atoms with Crippen molar-refractivity contribution in [3.05, 3.63) is 40.7 Å². The summed E-state index contributed by atoms with van der Waals surface area (Å²) in [7, 11) is 0. The lowest BCUT2D eigenvalue weighted by atomic mass is 10.1. The van der Waals surface area contributed by atoms with E-state index in [-0.39, 0.29) is 5.69 Å². The molecule has 0 aliphatic carbocycles. The number of halogens is 1. The Labute approximate surface area is 95.2 Å². The molecule has 0 radical (unpaired) electrons. The van der Waals surface area contributed by atoms with E-state index in [0.717, 1.165) is 5.39 Å². The van der Waals surface area contributed by atoms with Gasteiger partial charge in [0.15, 0.2) is 0 Å². The van der Waals surface area contributed by atoms with Gasteiger partial charge in [-0.1, -0.05) is 17.7 Å². The van der Waals surface area contributed by atoms with E-state index >= 15 is 0 Å². The molecule has 0 atom stereocenters. The smallest absolute Gasteiger partial charge is 0.277 e. The van der Waals surface area contributed by atoms with Crippen molar-refractivity contribution in [2.24, 2.45) is 0 Å². The second-order valence-corrected chi connectivity index (χ2v) is 3.93. The number of aromatic nitrogens is 1. The molecule has 2 heterocycles. The minimum absolute atomic E-state index is 0.166. The van der Waals surface area contributed by atoms with Crippen molar-refractivity contribution in [3.63, 3.8) is 0 Å². The Balaban J connectivity index is 2.48. The molecule has 1 aromatic heterocycles. The molecular formula is C11H5ClN2O2. The van der Waals surface area contributed by atoms with Crippen LogP contribution in [0.4, 0.5) is 0 Å². The number of imide groups is 1. The number of fused-ring (bicyclic) bond motifs is 3. The van der Waals surface area contributed by atoms with Crippen LogP contribution in [-0.4, -0.2) is 16.8 Å². The van der Waals surface area contributed by atoms with Crippen LogP contribution in [0.25, 0.3) is 10.8 Å². The standard InChI is InChI=1S/C11H5ClN2O2/c12-6-2-1-5-4-13-9-8(7(5)3-6)10(15)14-11(9)16/h1-4H,(H,14,15,16). The molecule has 0 spiro atoms. The number of carbonyl (C=O) groups excluding carboxylic acids is 2. The van der Waals surface area contributed by atoms with Crippen LogP contribution in [-0.2, 0) is 0 Å². The molecule has 1 aliphatic rings. The van der Waals surface area contributed by atoms with Crippen molar-refractivity contribution in [2.75, 3.05) is 0 Å². The van der Waals surface area contributed by atoms with Crippen LogP contribution in [0, 0.1) is 0 Å². The maximum Gasteiger partial charge on any atom is 0.277 e. The summed E-state index contributed by atoms with van der Waals surface area (Å²) in [6, 6.07) is 5.14. The molecule has 78 valence electrons. The first-order valence-corrected chi connectivity index (χ1v) is 4.98. The Morgan fingerprint density at radius 1 is 1.19 bits per heavy atom. The lowest BCUT2D eigenvalue weighted by Crippen LogP contribution is -2.20. The maximum absolute atomic E-state index is 11.6. The lowest BCUT2D eigenvalue weighted by Gasteiger charge is -2.01. The van der Waals surface area contributed by atoms with Crippen LogP contribution in [0.3, 0.4) is 0 Å². The fourth-order valence-corrected chi connectivity index (χ4v) is 1.98. The van der Waals surface area contributed by atoms with Gasteiger partial charge in [-0.05, 0) is 17.5 Å². The van der Waals surface area contributed by atoms with Gasteiger partial charge in [0, 0.05) is 16.6 Å². The summed E-state index contributed by atoms with van der Waals surface area (Å²) in [5, 5.41) is 4.17. The fourth-order valence-electron chi connectivity index (χ4n) is 1.81. The minimum Gasteiger partial charge on any atom is -0.287 e. The van der Waals surface area contributed by atoms with Crippen molar-refractivity contribution in [2.45, 2.75) is 0 Å². The van der Waals surface area contributed by atoms with Crippen LogP contribution in [0.2, 0.25) is 5.02 Å². The van der Waals surface area contributed by atoms with Gasteiger partial charge in [0.1, 0.15) is 5.69 Å². The first-order valence-electron chi connectivity index (χ1n) is 4.61. The molecule has 0 fully saturated rings. The second-order valence-electron chi connectivity index (χ2n) is 3.50. The van der Waals surface area contributed by atoms with E-state index in [2.05, 4.69) is 10.3 Å².